The zero-order valence-electron chi connectivity index (χ0n) is 16.2. The zero-order valence-corrected chi connectivity index (χ0v) is 16.2. The smallest absolute Gasteiger partial charge is 0.261 e. The van der Waals surface area contributed by atoms with Crippen molar-refractivity contribution in [3.63, 3.8) is 0 Å². The van der Waals surface area contributed by atoms with Crippen LogP contribution < -0.4 is 10.1 Å². The number of amides is 1. The molecule has 0 atom stereocenters. The number of ether oxygens (including phenoxy) is 1. The van der Waals surface area contributed by atoms with Gasteiger partial charge in [0.2, 0.25) is 17.5 Å². The van der Waals surface area contributed by atoms with E-state index in [1.54, 1.807) is 0 Å². The molecule has 158 valence electrons. The van der Waals surface area contributed by atoms with Crippen molar-refractivity contribution in [1.29, 1.82) is 0 Å². The number of oxazole rings is 1. The topological polar surface area (TPSA) is 64.4 Å². The molecule has 3 aromatic carbocycles. The molecule has 4 aromatic rings. The molecule has 0 aliphatic carbocycles. The number of aryl methyl sites for hydroxylation is 1. The Morgan fingerprint density at radius 2 is 1.61 bits per heavy atom. The van der Waals surface area contributed by atoms with Gasteiger partial charge >= 0.3 is 0 Å². The van der Waals surface area contributed by atoms with Crippen molar-refractivity contribution in [2.24, 2.45) is 0 Å². The highest BCUT2D eigenvalue weighted by Crippen LogP contribution is 2.31. The zero-order chi connectivity index (χ0) is 22.3. The number of carbonyl (C=O) groups is 1. The molecule has 9 heteroatoms. The van der Waals surface area contributed by atoms with Crippen LogP contribution in [0.2, 0.25) is 0 Å². The molecule has 0 radical (unpaired) electrons. The third-order valence-electron chi connectivity index (χ3n) is 4.60. The minimum Gasteiger partial charge on any atom is -0.491 e. The summed E-state index contributed by atoms with van der Waals surface area (Å²) in [5.74, 6) is -9.62. The van der Waals surface area contributed by atoms with Gasteiger partial charge in [-0.05, 0) is 37.3 Å². The summed E-state index contributed by atoms with van der Waals surface area (Å²) in [7, 11) is 0.845. The van der Waals surface area contributed by atoms with E-state index in [0.717, 1.165) is 18.2 Å². The summed E-state index contributed by atoms with van der Waals surface area (Å²) in [6.07, 6.45) is 0. The highest BCUT2D eigenvalue weighted by atomic mass is 19.2. The molecular formula is C22H14F4N2O3. The lowest BCUT2D eigenvalue weighted by molar-refractivity contribution is 0.101. The fourth-order valence-electron chi connectivity index (χ4n) is 3.01. The number of hydrogen-bond donors (Lipinski definition) is 1. The number of nitrogens with zero attached hydrogens (tertiary/aromatic N) is 1. The Morgan fingerprint density at radius 1 is 0.968 bits per heavy atom. The van der Waals surface area contributed by atoms with E-state index < -0.39 is 40.5 Å². The monoisotopic (exact) mass is 430 g/mol. The van der Waals surface area contributed by atoms with E-state index in [0.29, 0.717) is 17.0 Å². The van der Waals surface area contributed by atoms with Crippen LogP contribution in [0.1, 0.15) is 15.9 Å². The van der Waals surface area contributed by atoms with Crippen molar-refractivity contribution in [2.45, 2.75) is 6.92 Å². The molecule has 1 heterocycles. The van der Waals surface area contributed by atoms with Crippen LogP contribution in [-0.4, -0.2) is 18.0 Å². The van der Waals surface area contributed by atoms with Gasteiger partial charge in [-0.15, -0.1) is 0 Å². The number of halogens is 4. The largest absolute Gasteiger partial charge is 0.491 e. The first-order valence-corrected chi connectivity index (χ1v) is 8.99. The van der Waals surface area contributed by atoms with Crippen LogP contribution in [-0.2, 0) is 0 Å². The van der Waals surface area contributed by atoms with Crippen LogP contribution in [0.15, 0.2) is 46.9 Å². The summed E-state index contributed by atoms with van der Waals surface area (Å²) in [5, 5.41) is 2.21. The molecule has 0 fully saturated rings. The predicted octanol–water partition coefficient (Wildman–Crippen LogP) is 5.62. The van der Waals surface area contributed by atoms with Gasteiger partial charge in [0.05, 0.1) is 7.11 Å². The molecule has 31 heavy (non-hydrogen) atoms. The Labute approximate surface area is 173 Å². The first-order valence-electron chi connectivity index (χ1n) is 8.99. The number of rotatable bonds is 4. The average molecular weight is 430 g/mol. The van der Waals surface area contributed by atoms with Crippen LogP contribution >= 0.6 is 0 Å². The first-order chi connectivity index (χ1) is 14.8. The standard InChI is InChI=1S/C22H14F4N2O3/c1-10-3-5-11(6-4-10)22-28-13-9-12(7-8-14(13)31-22)27-21(29)15-16(23)18(25)20(30-2)19(26)17(15)24/h3-9H,1-2H3,(H,27,29). The second kappa shape index (κ2) is 7.75. The molecule has 1 amide bonds. The molecule has 0 unspecified atom stereocenters. The van der Waals surface area contributed by atoms with Crippen molar-refractivity contribution < 1.29 is 31.5 Å². The number of anilines is 1. The normalized spacial score (nSPS) is 11.0. The molecule has 0 aliphatic rings. The maximum Gasteiger partial charge on any atom is 0.261 e. The molecule has 1 N–H and O–H groups in total. The van der Waals surface area contributed by atoms with E-state index in [2.05, 4.69) is 15.0 Å². The highest BCUT2D eigenvalue weighted by molar-refractivity contribution is 6.05. The van der Waals surface area contributed by atoms with Crippen molar-refractivity contribution in [3.8, 4) is 17.2 Å². The van der Waals surface area contributed by atoms with E-state index in [4.69, 9.17) is 4.42 Å². The Morgan fingerprint density at radius 3 is 2.23 bits per heavy atom. The Balaban J connectivity index is 1.66. The third-order valence-corrected chi connectivity index (χ3v) is 4.60. The van der Waals surface area contributed by atoms with Crippen LogP contribution in [0.25, 0.3) is 22.6 Å². The number of benzene rings is 3. The van der Waals surface area contributed by atoms with Gasteiger partial charge in [-0.3, -0.25) is 4.79 Å². The molecule has 1 aromatic heterocycles. The summed E-state index contributed by atoms with van der Waals surface area (Å²) in [6, 6.07) is 11.8. The van der Waals surface area contributed by atoms with Gasteiger partial charge in [0.15, 0.2) is 23.0 Å². The second-order valence-electron chi connectivity index (χ2n) is 6.69. The van der Waals surface area contributed by atoms with Crippen LogP contribution in [0.3, 0.4) is 0 Å². The van der Waals surface area contributed by atoms with Gasteiger partial charge < -0.3 is 14.5 Å². The van der Waals surface area contributed by atoms with E-state index >= 15 is 0 Å². The number of nitrogens with one attached hydrogen (secondary N) is 1. The lowest BCUT2D eigenvalue weighted by Gasteiger charge is -2.11. The fraction of sp³-hybridized carbons (Fsp3) is 0.0909. The average Bonchev–Trinajstić information content (AvgIpc) is 3.17. The molecule has 0 saturated carbocycles. The first kappa shape index (κ1) is 20.4. The van der Waals surface area contributed by atoms with Gasteiger partial charge in [0.1, 0.15) is 11.1 Å². The Kier molecular flexibility index (Phi) is 5.10. The van der Waals surface area contributed by atoms with E-state index in [1.165, 1.54) is 18.2 Å². The highest BCUT2D eigenvalue weighted by Gasteiger charge is 2.30. The summed E-state index contributed by atoms with van der Waals surface area (Å²) in [5.41, 5.74) is 1.26. The summed E-state index contributed by atoms with van der Waals surface area (Å²) in [6.45, 7) is 1.94. The number of methoxy groups -OCH3 is 1. The van der Waals surface area contributed by atoms with Crippen LogP contribution in [0.4, 0.5) is 23.2 Å². The molecule has 4 rings (SSSR count). The molecule has 5 nitrogen and oxygen atoms in total. The third kappa shape index (κ3) is 3.58. The molecule has 0 saturated heterocycles. The minimum atomic E-state index is -1.86. The van der Waals surface area contributed by atoms with Crippen molar-refractivity contribution in [1.82, 2.24) is 4.98 Å². The van der Waals surface area contributed by atoms with Crippen molar-refractivity contribution >= 4 is 22.7 Å². The maximum atomic E-state index is 14.2. The second-order valence-corrected chi connectivity index (χ2v) is 6.69. The van der Waals surface area contributed by atoms with Gasteiger partial charge in [-0.1, -0.05) is 17.7 Å². The van der Waals surface area contributed by atoms with Gasteiger partial charge in [-0.2, -0.15) is 8.78 Å². The Hall–Kier alpha value is -3.88. The van der Waals surface area contributed by atoms with Crippen molar-refractivity contribution in [2.75, 3.05) is 12.4 Å². The number of aromatic nitrogens is 1. The SMILES string of the molecule is COc1c(F)c(F)c(C(=O)Nc2ccc3oc(-c4ccc(C)cc4)nc3c2)c(F)c1F. The minimum absolute atomic E-state index is 0.0942. The summed E-state index contributed by atoms with van der Waals surface area (Å²) in [4.78, 5) is 16.7. The summed E-state index contributed by atoms with van der Waals surface area (Å²) < 4.78 is 66.1. The number of carbonyl (C=O) groups excluding carboxylic acids is 1. The molecule has 0 spiro atoms. The van der Waals surface area contributed by atoms with Crippen LogP contribution in [0, 0.1) is 30.2 Å². The maximum absolute atomic E-state index is 14.2. The quantitative estimate of drug-likeness (QED) is 0.337. The van der Waals surface area contributed by atoms with E-state index in [-0.39, 0.29) is 5.69 Å². The predicted molar refractivity (Wildman–Crippen MR) is 105 cm³/mol. The molecule has 0 bridgehead atoms. The van der Waals surface area contributed by atoms with Gasteiger partial charge in [0.25, 0.3) is 5.91 Å². The van der Waals surface area contributed by atoms with Gasteiger partial charge in [-0.25, -0.2) is 13.8 Å². The van der Waals surface area contributed by atoms with Crippen molar-refractivity contribution in [3.05, 3.63) is 76.9 Å². The molecular weight excluding hydrogens is 416 g/mol. The van der Waals surface area contributed by atoms with E-state index in [9.17, 15) is 22.4 Å². The van der Waals surface area contributed by atoms with E-state index in [1.807, 2.05) is 31.2 Å². The van der Waals surface area contributed by atoms with Gasteiger partial charge in [0, 0.05) is 11.3 Å². The lowest BCUT2D eigenvalue weighted by Crippen LogP contribution is -2.18. The number of hydrogen-bond acceptors (Lipinski definition) is 4. The Bertz CT molecular complexity index is 1290. The van der Waals surface area contributed by atoms with Crippen LogP contribution in [0.5, 0.6) is 5.75 Å². The fourth-order valence-corrected chi connectivity index (χ4v) is 3.01. The summed E-state index contributed by atoms with van der Waals surface area (Å²) >= 11 is 0. The number of fused-ring (bicyclic) bond motifs is 1. The molecule has 0 aliphatic heterocycles. The lowest BCUT2D eigenvalue weighted by atomic mass is 10.1.